The Morgan fingerprint density at radius 2 is 1.71 bits per heavy atom. The third-order valence-electron chi connectivity index (χ3n) is 3.98. The largest absolute Gasteiger partial charge is 0.497 e. The molecule has 2 amide bonds. The number of benzene rings is 2. The molecule has 28 heavy (non-hydrogen) atoms. The van der Waals surface area contributed by atoms with Gasteiger partial charge in [-0.05, 0) is 48.9 Å². The molecule has 7 heteroatoms. The first-order valence-corrected chi connectivity index (χ1v) is 9.17. The highest BCUT2D eigenvalue weighted by atomic mass is 16.5. The summed E-state index contributed by atoms with van der Waals surface area (Å²) in [5, 5.41) is 5.61. The van der Waals surface area contributed by atoms with Crippen molar-refractivity contribution in [3.63, 3.8) is 0 Å². The van der Waals surface area contributed by atoms with Crippen LogP contribution in [0.15, 0.2) is 48.5 Å². The summed E-state index contributed by atoms with van der Waals surface area (Å²) in [5.41, 5.74) is 1.82. The number of carbonyl (C=O) groups is 2. The topological polar surface area (TPSA) is 81.1 Å². The average Bonchev–Trinajstić information content (AvgIpc) is 2.65. The molecule has 0 fully saturated rings. The highest BCUT2D eigenvalue weighted by Crippen LogP contribution is 2.14. The lowest BCUT2D eigenvalue weighted by Gasteiger charge is -2.14. The molecule has 150 valence electrons. The Morgan fingerprint density at radius 3 is 2.39 bits per heavy atom. The van der Waals surface area contributed by atoms with Crippen molar-refractivity contribution in [1.29, 1.82) is 0 Å². The van der Waals surface area contributed by atoms with Crippen LogP contribution in [0.4, 0.5) is 5.69 Å². The van der Waals surface area contributed by atoms with Gasteiger partial charge in [-0.25, -0.2) is 0 Å². The van der Waals surface area contributed by atoms with Crippen molar-refractivity contribution in [3.05, 3.63) is 54.1 Å². The van der Waals surface area contributed by atoms with Gasteiger partial charge in [0, 0.05) is 5.69 Å². The fourth-order valence-electron chi connectivity index (χ4n) is 2.62. The maximum Gasteiger partial charge on any atom is 0.279 e. The molecule has 2 aromatic rings. The zero-order chi connectivity index (χ0) is 20.4. The van der Waals surface area contributed by atoms with Gasteiger partial charge in [-0.2, -0.15) is 0 Å². The van der Waals surface area contributed by atoms with Crippen molar-refractivity contribution >= 4 is 17.5 Å². The van der Waals surface area contributed by atoms with Gasteiger partial charge >= 0.3 is 0 Å². The third-order valence-corrected chi connectivity index (χ3v) is 3.98. The molecule has 0 aliphatic rings. The summed E-state index contributed by atoms with van der Waals surface area (Å²) in [5.74, 6) is 1.23. The molecule has 0 aromatic heterocycles. The summed E-state index contributed by atoms with van der Waals surface area (Å²) in [7, 11) is 3.39. The predicted molar refractivity (Wildman–Crippen MR) is 108 cm³/mol. The first kappa shape index (κ1) is 21.2. The van der Waals surface area contributed by atoms with Crippen LogP contribution < -0.4 is 25.0 Å². The Bertz CT molecular complexity index is 777. The summed E-state index contributed by atoms with van der Waals surface area (Å²) < 4.78 is 10.7. The molecule has 7 nitrogen and oxygen atoms in total. The van der Waals surface area contributed by atoms with Crippen LogP contribution in [0, 0.1) is 6.92 Å². The van der Waals surface area contributed by atoms with E-state index in [1.54, 1.807) is 38.4 Å². The van der Waals surface area contributed by atoms with E-state index in [1.165, 1.54) is 0 Å². The number of aryl methyl sites for hydroxylation is 1. The summed E-state index contributed by atoms with van der Waals surface area (Å²) in [6.07, 6.45) is 0. The van der Waals surface area contributed by atoms with Gasteiger partial charge in [-0.3, -0.25) is 9.59 Å². The van der Waals surface area contributed by atoms with Crippen LogP contribution in [0.5, 0.6) is 11.5 Å². The molecule has 0 bridgehead atoms. The van der Waals surface area contributed by atoms with Crippen molar-refractivity contribution in [2.75, 3.05) is 45.7 Å². The lowest BCUT2D eigenvalue weighted by molar-refractivity contribution is -0.862. The molecule has 2 aromatic carbocycles. The van der Waals surface area contributed by atoms with Crippen LogP contribution in [0.2, 0.25) is 0 Å². The van der Waals surface area contributed by atoms with Gasteiger partial charge < -0.3 is 25.0 Å². The van der Waals surface area contributed by atoms with Crippen LogP contribution >= 0.6 is 0 Å². The minimum absolute atomic E-state index is 0.123. The fraction of sp³-hybridized carbons (Fsp3) is 0.333. The smallest absolute Gasteiger partial charge is 0.279 e. The number of hydrogen-bond acceptors (Lipinski definition) is 4. The molecule has 0 saturated heterocycles. The Kier molecular flexibility index (Phi) is 8.30. The van der Waals surface area contributed by atoms with Crippen molar-refractivity contribution in [2.45, 2.75) is 6.92 Å². The van der Waals surface area contributed by atoms with Crippen molar-refractivity contribution in [2.24, 2.45) is 0 Å². The van der Waals surface area contributed by atoms with Gasteiger partial charge in [0.25, 0.3) is 11.8 Å². The molecule has 0 aliphatic heterocycles. The summed E-state index contributed by atoms with van der Waals surface area (Å²) >= 11 is 0. The Labute approximate surface area is 165 Å². The van der Waals surface area contributed by atoms with Crippen molar-refractivity contribution < 1.29 is 24.0 Å². The predicted octanol–water partition coefficient (Wildman–Crippen LogP) is 0.652. The SMILES string of the molecule is COc1ccc(NC(=O)C[NH+](C)CC(=O)NCCOc2cccc(C)c2)cc1. The highest BCUT2D eigenvalue weighted by molar-refractivity contribution is 5.91. The molecule has 3 N–H and O–H groups in total. The molecule has 0 spiro atoms. The van der Waals surface area contributed by atoms with Gasteiger partial charge in [0.15, 0.2) is 13.1 Å². The Balaban J connectivity index is 1.63. The number of anilines is 1. The minimum atomic E-state index is -0.154. The number of ether oxygens (including phenoxy) is 2. The maximum atomic E-state index is 12.1. The first-order valence-electron chi connectivity index (χ1n) is 9.17. The number of nitrogens with one attached hydrogen (secondary N) is 3. The van der Waals surface area contributed by atoms with E-state index in [2.05, 4.69) is 10.6 Å². The van der Waals surface area contributed by atoms with E-state index in [9.17, 15) is 9.59 Å². The molecule has 1 unspecified atom stereocenters. The zero-order valence-electron chi connectivity index (χ0n) is 16.6. The minimum Gasteiger partial charge on any atom is -0.497 e. The quantitative estimate of drug-likeness (QED) is 0.524. The molecule has 2 rings (SSSR count). The van der Waals surface area contributed by atoms with E-state index in [1.807, 2.05) is 31.2 Å². The van der Waals surface area contributed by atoms with E-state index >= 15 is 0 Å². The van der Waals surface area contributed by atoms with Gasteiger partial charge in [-0.15, -0.1) is 0 Å². The molecule has 1 atom stereocenters. The Hall–Kier alpha value is -3.06. The van der Waals surface area contributed by atoms with Crippen LogP contribution in [-0.2, 0) is 9.59 Å². The van der Waals surface area contributed by atoms with E-state index in [0.717, 1.165) is 22.0 Å². The number of methoxy groups -OCH3 is 1. The van der Waals surface area contributed by atoms with Gasteiger partial charge in [0.05, 0.1) is 20.7 Å². The van der Waals surface area contributed by atoms with E-state index < -0.39 is 0 Å². The van der Waals surface area contributed by atoms with E-state index in [-0.39, 0.29) is 24.9 Å². The lowest BCUT2D eigenvalue weighted by Crippen LogP contribution is -3.11. The zero-order valence-corrected chi connectivity index (χ0v) is 16.6. The van der Waals surface area contributed by atoms with Gasteiger partial charge in [0.1, 0.15) is 18.1 Å². The van der Waals surface area contributed by atoms with Crippen LogP contribution in [-0.4, -0.2) is 52.2 Å². The van der Waals surface area contributed by atoms with E-state index in [0.29, 0.717) is 18.8 Å². The highest BCUT2D eigenvalue weighted by Gasteiger charge is 2.14. The standard InChI is InChI=1S/C21H27N3O4/c1-16-5-4-6-19(13-16)28-12-11-22-20(25)14-24(2)15-21(26)23-17-7-9-18(27-3)10-8-17/h4-10,13H,11-12,14-15H2,1-3H3,(H,22,25)(H,23,26)/p+1. The monoisotopic (exact) mass is 386 g/mol. The Morgan fingerprint density at radius 1 is 1.00 bits per heavy atom. The fourth-order valence-corrected chi connectivity index (χ4v) is 2.62. The molecular formula is C21H28N3O4+. The normalized spacial score (nSPS) is 11.4. The van der Waals surface area contributed by atoms with Gasteiger partial charge in [-0.1, -0.05) is 12.1 Å². The first-order chi connectivity index (χ1) is 13.5. The number of amides is 2. The van der Waals surface area contributed by atoms with Gasteiger partial charge in [0.2, 0.25) is 0 Å². The second-order valence-corrected chi connectivity index (χ2v) is 6.60. The summed E-state index contributed by atoms with van der Waals surface area (Å²) in [4.78, 5) is 24.9. The number of carbonyl (C=O) groups excluding carboxylic acids is 2. The van der Waals surface area contributed by atoms with Crippen LogP contribution in [0.3, 0.4) is 0 Å². The van der Waals surface area contributed by atoms with Crippen LogP contribution in [0.1, 0.15) is 5.56 Å². The molecule has 0 saturated carbocycles. The number of quaternary nitrogens is 1. The molecule has 0 aliphatic carbocycles. The lowest BCUT2D eigenvalue weighted by atomic mass is 10.2. The molecule has 0 heterocycles. The van der Waals surface area contributed by atoms with Crippen molar-refractivity contribution in [1.82, 2.24) is 5.32 Å². The third kappa shape index (κ3) is 7.67. The molecular weight excluding hydrogens is 358 g/mol. The summed E-state index contributed by atoms with van der Waals surface area (Å²) in [6.45, 7) is 3.21. The van der Waals surface area contributed by atoms with Crippen LogP contribution in [0.25, 0.3) is 0 Å². The number of likely N-dealkylation sites (N-methyl/N-ethyl adjacent to an activating group) is 1. The maximum absolute atomic E-state index is 12.1. The number of hydrogen-bond donors (Lipinski definition) is 3. The average molecular weight is 386 g/mol. The summed E-state index contributed by atoms with van der Waals surface area (Å²) in [6, 6.07) is 14.9. The van der Waals surface area contributed by atoms with E-state index in [4.69, 9.17) is 9.47 Å². The number of rotatable bonds is 10. The second kappa shape index (κ2) is 10.9. The van der Waals surface area contributed by atoms with Crippen molar-refractivity contribution in [3.8, 4) is 11.5 Å². The molecule has 0 radical (unpaired) electrons. The second-order valence-electron chi connectivity index (χ2n) is 6.60.